The summed E-state index contributed by atoms with van der Waals surface area (Å²) in [4.78, 5) is 19.1. The molecule has 4 nitrogen and oxygen atoms in total. The van der Waals surface area contributed by atoms with E-state index in [4.69, 9.17) is 0 Å². The molecule has 3 rings (SSSR count). The van der Waals surface area contributed by atoms with Crippen LogP contribution in [0.25, 0.3) is 0 Å². The van der Waals surface area contributed by atoms with Crippen LogP contribution in [-0.4, -0.2) is 72.6 Å². The van der Waals surface area contributed by atoms with Crippen molar-refractivity contribution < 1.29 is 18.0 Å². The average molecular weight is 426 g/mol. The highest BCUT2D eigenvalue weighted by Gasteiger charge is 2.28. The first-order valence-corrected chi connectivity index (χ1v) is 11.2. The van der Waals surface area contributed by atoms with Crippen molar-refractivity contribution >= 4 is 5.91 Å². The van der Waals surface area contributed by atoms with Crippen LogP contribution in [0.2, 0.25) is 0 Å². The van der Waals surface area contributed by atoms with Gasteiger partial charge < -0.3 is 9.80 Å². The minimum absolute atomic E-state index is 0.169. The number of hydrogen-bond donors (Lipinski definition) is 0. The fourth-order valence-corrected chi connectivity index (χ4v) is 4.58. The second-order valence-electron chi connectivity index (χ2n) is 8.71. The maximum atomic E-state index is 12.6. The number of carbonyl (C=O) groups excluding carboxylic acids is 1. The van der Waals surface area contributed by atoms with Crippen molar-refractivity contribution in [3.05, 3.63) is 35.9 Å². The highest BCUT2D eigenvalue weighted by atomic mass is 19.4. The largest absolute Gasteiger partial charge is 0.389 e. The van der Waals surface area contributed by atoms with Crippen LogP contribution >= 0.6 is 0 Å². The van der Waals surface area contributed by atoms with E-state index < -0.39 is 12.6 Å². The molecule has 1 aromatic rings. The Morgan fingerprint density at radius 3 is 2.43 bits per heavy atom. The van der Waals surface area contributed by atoms with Gasteiger partial charge in [-0.3, -0.25) is 9.69 Å². The molecule has 1 amide bonds. The van der Waals surface area contributed by atoms with Crippen LogP contribution in [-0.2, 0) is 11.3 Å². The first-order chi connectivity index (χ1) is 14.4. The zero-order chi connectivity index (χ0) is 21.4. The average Bonchev–Trinajstić information content (AvgIpc) is 2.73. The Balaban J connectivity index is 1.32. The van der Waals surface area contributed by atoms with Crippen molar-refractivity contribution in [3.63, 3.8) is 0 Å². The molecule has 0 aromatic heterocycles. The summed E-state index contributed by atoms with van der Waals surface area (Å²) in [7, 11) is 0. The number of hydrogen-bond acceptors (Lipinski definition) is 3. The minimum atomic E-state index is -4.06. The van der Waals surface area contributed by atoms with E-state index in [1.54, 1.807) is 0 Å². The summed E-state index contributed by atoms with van der Waals surface area (Å²) in [6.07, 6.45) is -1.10. The third-order valence-electron chi connectivity index (χ3n) is 6.28. The molecule has 168 valence electrons. The molecule has 0 bridgehead atoms. The third-order valence-corrected chi connectivity index (χ3v) is 6.28. The molecular weight excluding hydrogens is 391 g/mol. The Labute approximate surface area is 178 Å². The Morgan fingerprint density at radius 2 is 1.73 bits per heavy atom. The molecule has 2 aliphatic heterocycles. The van der Waals surface area contributed by atoms with Gasteiger partial charge in [-0.15, -0.1) is 0 Å². The molecule has 0 aliphatic carbocycles. The predicted molar refractivity (Wildman–Crippen MR) is 112 cm³/mol. The van der Waals surface area contributed by atoms with Crippen LogP contribution in [0.15, 0.2) is 30.3 Å². The normalized spacial score (nSPS) is 21.7. The molecule has 7 heteroatoms. The van der Waals surface area contributed by atoms with Gasteiger partial charge in [-0.2, -0.15) is 13.2 Å². The summed E-state index contributed by atoms with van der Waals surface area (Å²) in [5.74, 6) is 0.650. The van der Waals surface area contributed by atoms with Gasteiger partial charge in [0.25, 0.3) is 0 Å². The summed E-state index contributed by atoms with van der Waals surface area (Å²) in [5, 5.41) is 0. The van der Waals surface area contributed by atoms with Gasteiger partial charge in [-0.1, -0.05) is 30.3 Å². The molecule has 0 unspecified atom stereocenters. The molecule has 30 heavy (non-hydrogen) atoms. The van der Waals surface area contributed by atoms with Crippen molar-refractivity contribution in [1.82, 2.24) is 14.7 Å². The van der Waals surface area contributed by atoms with Gasteiger partial charge in [0.05, 0.1) is 0 Å². The molecule has 2 aliphatic rings. The topological polar surface area (TPSA) is 26.8 Å². The van der Waals surface area contributed by atoms with Gasteiger partial charge in [-0.05, 0) is 50.3 Å². The molecule has 2 heterocycles. The van der Waals surface area contributed by atoms with E-state index in [-0.39, 0.29) is 12.3 Å². The first kappa shape index (κ1) is 23.1. The zero-order valence-electron chi connectivity index (χ0n) is 17.7. The van der Waals surface area contributed by atoms with Gasteiger partial charge >= 0.3 is 6.18 Å². The lowest BCUT2D eigenvalue weighted by atomic mass is 9.93. The number of benzene rings is 1. The number of halogens is 3. The molecule has 0 N–H and O–H groups in total. The van der Waals surface area contributed by atoms with Gasteiger partial charge in [0, 0.05) is 52.1 Å². The molecule has 0 radical (unpaired) electrons. The maximum absolute atomic E-state index is 12.6. The SMILES string of the molecule is O=C(CC[C@H]1CCCN(CCCC(F)(F)F)C1)N1CCN(Cc2ccccc2)CC1. The van der Waals surface area contributed by atoms with Gasteiger partial charge in [0.2, 0.25) is 5.91 Å². The quantitative estimate of drug-likeness (QED) is 0.626. The standard InChI is InChI=1S/C23H34F3N3O/c24-23(25,26)11-5-13-27-12-4-8-21(19-27)9-10-22(30)29-16-14-28(15-17-29)18-20-6-2-1-3-7-20/h1-3,6-7,21H,4-5,8-19H2/t21-/m1/s1. The third kappa shape index (κ3) is 7.91. The van der Waals surface area contributed by atoms with Crippen LogP contribution in [0.5, 0.6) is 0 Å². The fraction of sp³-hybridized carbons (Fsp3) is 0.696. The van der Waals surface area contributed by atoms with Crippen LogP contribution in [0.1, 0.15) is 44.1 Å². The zero-order valence-corrected chi connectivity index (χ0v) is 17.7. The number of likely N-dealkylation sites (tertiary alicyclic amines) is 1. The summed E-state index contributed by atoms with van der Waals surface area (Å²) < 4.78 is 37.0. The number of piperazine rings is 1. The number of nitrogens with zero attached hydrogens (tertiary/aromatic N) is 3. The lowest BCUT2D eigenvalue weighted by Gasteiger charge is -2.36. The summed E-state index contributed by atoms with van der Waals surface area (Å²) >= 11 is 0. The van der Waals surface area contributed by atoms with Gasteiger partial charge in [-0.25, -0.2) is 0 Å². The number of rotatable bonds is 8. The molecule has 2 fully saturated rings. The van der Waals surface area contributed by atoms with E-state index in [1.165, 1.54) is 5.56 Å². The van der Waals surface area contributed by atoms with E-state index in [0.29, 0.717) is 18.9 Å². The fourth-order valence-electron chi connectivity index (χ4n) is 4.58. The van der Waals surface area contributed by atoms with Crippen molar-refractivity contribution in [1.29, 1.82) is 0 Å². The smallest absolute Gasteiger partial charge is 0.340 e. The van der Waals surface area contributed by atoms with Gasteiger partial charge in [0.15, 0.2) is 0 Å². The van der Waals surface area contributed by atoms with E-state index in [0.717, 1.165) is 65.1 Å². The van der Waals surface area contributed by atoms with Crippen molar-refractivity contribution in [2.75, 3.05) is 45.8 Å². The number of amides is 1. The summed E-state index contributed by atoms with van der Waals surface area (Å²) in [6.45, 7) is 6.50. The lowest BCUT2D eigenvalue weighted by molar-refractivity contribution is -0.136. The lowest BCUT2D eigenvalue weighted by Crippen LogP contribution is -2.48. The summed E-state index contributed by atoms with van der Waals surface area (Å²) in [5.41, 5.74) is 1.30. The van der Waals surface area contributed by atoms with Crippen LogP contribution in [0.4, 0.5) is 13.2 Å². The maximum Gasteiger partial charge on any atom is 0.389 e. The molecule has 1 aromatic carbocycles. The number of carbonyl (C=O) groups is 1. The summed E-state index contributed by atoms with van der Waals surface area (Å²) in [6, 6.07) is 10.4. The first-order valence-electron chi connectivity index (χ1n) is 11.2. The minimum Gasteiger partial charge on any atom is -0.340 e. The highest BCUT2D eigenvalue weighted by Crippen LogP contribution is 2.25. The van der Waals surface area contributed by atoms with E-state index >= 15 is 0 Å². The predicted octanol–water partition coefficient (Wildman–Crippen LogP) is 4.17. The monoisotopic (exact) mass is 425 g/mol. The second-order valence-corrected chi connectivity index (χ2v) is 8.71. The van der Waals surface area contributed by atoms with Crippen molar-refractivity contribution in [3.8, 4) is 0 Å². The molecular formula is C23H34F3N3O. The van der Waals surface area contributed by atoms with Crippen LogP contribution in [0, 0.1) is 5.92 Å². The van der Waals surface area contributed by atoms with Crippen molar-refractivity contribution in [2.24, 2.45) is 5.92 Å². The van der Waals surface area contributed by atoms with Crippen LogP contribution < -0.4 is 0 Å². The van der Waals surface area contributed by atoms with E-state index in [2.05, 4.69) is 34.1 Å². The number of alkyl halides is 3. The Bertz CT molecular complexity index is 645. The molecule has 1 atom stereocenters. The van der Waals surface area contributed by atoms with Crippen molar-refractivity contribution in [2.45, 2.75) is 51.2 Å². The molecule has 0 spiro atoms. The van der Waals surface area contributed by atoms with Crippen LogP contribution in [0.3, 0.4) is 0 Å². The Hall–Kier alpha value is -1.60. The highest BCUT2D eigenvalue weighted by molar-refractivity contribution is 5.76. The molecule has 2 saturated heterocycles. The van der Waals surface area contributed by atoms with Gasteiger partial charge in [0.1, 0.15) is 0 Å². The Kier molecular flexibility index (Phi) is 8.57. The molecule has 0 saturated carbocycles. The Morgan fingerprint density at radius 1 is 1.00 bits per heavy atom. The second kappa shape index (κ2) is 11.1. The number of piperidine rings is 1. The van der Waals surface area contributed by atoms with E-state index in [1.807, 2.05) is 11.0 Å². The van der Waals surface area contributed by atoms with E-state index in [9.17, 15) is 18.0 Å².